The van der Waals surface area contributed by atoms with Gasteiger partial charge in [0.25, 0.3) is 0 Å². The van der Waals surface area contributed by atoms with Gasteiger partial charge in [-0.2, -0.15) is 10.5 Å². The van der Waals surface area contributed by atoms with Gasteiger partial charge in [0, 0.05) is 5.56 Å². The summed E-state index contributed by atoms with van der Waals surface area (Å²) in [5.74, 6) is 0.374. The molecule has 0 fully saturated rings. The zero-order chi connectivity index (χ0) is 19.8. The first-order valence-electron chi connectivity index (χ1n) is 8.63. The van der Waals surface area contributed by atoms with Gasteiger partial charge in [0.05, 0.1) is 11.6 Å². The Morgan fingerprint density at radius 1 is 0.893 bits per heavy atom. The van der Waals surface area contributed by atoms with E-state index in [1.165, 1.54) is 0 Å². The molecule has 0 aliphatic rings. The number of ketones is 1. The molecule has 134 valence electrons. The van der Waals surface area contributed by atoms with Crippen molar-refractivity contribution in [3.8, 4) is 17.9 Å². The number of Topliss-reactive ketones (excluding diaryl/α,β-unsaturated/α-hetero) is 1. The van der Waals surface area contributed by atoms with Crippen molar-refractivity contribution in [3.63, 3.8) is 0 Å². The van der Waals surface area contributed by atoms with E-state index in [2.05, 4.69) is 6.07 Å². The van der Waals surface area contributed by atoms with Crippen LogP contribution in [-0.2, 0) is 6.61 Å². The second-order valence-corrected chi connectivity index (χ2v) is 6.03. The molecule has 0 aromatic heterocycles. The predicted octanol–water partition coefficient (Wildman–Crippen LogP) is 4.93. The van der Waals surface area contributed by atoms with Gasteiger partial charge in [-0.15, -0.1) is 0 Å². The lowest BCUT2D eigenvalue weighted by Crippen LogP contribution is -2.01. The van der Waals surface area contributed by atoms with Crippen molar-refractivity contribution in [1.29, 1.82) is 10.5 Å². The van der Waals surface area contributed by atoms with E-state index in [0.29, 0.717) is 23.5 Å². The Morgan fingerprint density at radius 3 is 2.18 bits per heavy atom. The second-order valence-electron chi connectivity index (χ2n) is 6.03. The third-order valence-corrected chi connectivity index (χ3v) is 4.08. The molecule has 3 aromatic carbocycles. The number of ether oxygens (including phenoxy) is 1. The first-order valence-corrected chi connectivity index (χ1v) is 8.63. The minimum Gasteiger partial charge on any atom is -0.489 e. The van der Waals surface area contributed by atoms with E-state index >= 15 is 0 Å². The fraction of sp³-hybridized carbons (Fsp3) is 0.0417. The summed E-state index contributed by atoms with van der Waals surface area (Å²) in [7, 11) is 0. The van der Waals surface area contributed by atoms with Crippen molar-refractivity contribution >= 4 is 11.9 Å². The highest BCUT2D eigenvalue weighted by Crippen LogP contribution is 2.18. The lowest BCUT2D eigenvalue weighted by molar-refractivity contribution is 0.104. The Kier molecular flexibility index (Phi) is 5.98. The maximum absolute atomic E-state index is 12.4. The largest absolute Gasteiger partial charge is 0.489 e. The van der Waals surface area contributed by atoms with Crippen LogP contribution in [0.5, 0.6) is 5.75 Å². The van der Waals surface area contributed by atoms with Crippen LogP contribution in [-0.4, -0.2) is 5.78 Å². The molecule has 4 nitrogen and oxygen atoms in total. The average molecular weight is 364 g/mol. The number of nitriles is 2. The molecule has 4 heteroatoms. The van der Waals surface area contributed by atoms with Crippen LogP contribution in [0.4, 0.5) is 0 Å². The fourth-order valence-electron chi connectivity index (χ4n) is 2.56. The molecule has 0 unspecified atom stereocenters. The fourth-order valence-corrected chi connectivity index (χ4v) is 2.56. The molecule has 0 aliphatic heterocycles. The van der Waals surface area contributed by atoms with Crippen molar-refractivity contribution in [1.82, 2.24) is 0 Å². The number of hydrogen-bond donors (Lipinski definition) is 0. The highest BCUT2D eigenvalue weighted by molar-refractivity contribution is 6.14. The molecule has 0 aliphatic carbocycles. The van der Waals surface area contributed by atoms with E-state index in [0.717, 1.165) is 11.1 Å². The normalized spacial score (nSPS) is 10.6. The minimum absolute atomic E-state index is 0.0810. The van der Waals surface area contributed by atoms with Gasteiger partial charge in [-0.1, -0.05) is 54.6 Å². The Bertz CT molecular complexity index is 1070. The first-order chi connectivity index (χ1) is 13.7. The summed E-state index contributed by atoms with van der Waals surface area (Å²) >= 11 is 0. The molecule has 3 aromatic rings. The van der Waals surface area contributed by atoms with Gasteiger partial charge in [-0.05, 0) is 41.5 Å². The molecule has 0 radical (unpaired) electrons. The van der Waals surface area contributed by atoms with E-state index < -0.39 is 0 Å². The number of carbonyl (C=O) groups is 1. The summed E-state index contributed by atoms with van der Waals surface area (Å²) in [5, 5.41) is 18.2. The lowest BCUT2D eigenvalue weighted by Gasteiger charge is -2.07. The number of benzene rings is 3. The Hall–Kier alpha value is -4.15. The SMILES string of the molecule is N#C/C(=C\c1ccc(OCc2ccc(C#N)cc2)cc1)C(=O)c1ccccc1. The molecule has 0 atom stereocenters. The Labute approximate surface area is 163 Å². The van der Waals surface area contributed by atoms with E-state index in [4.69, 9.17) is 10.00 Å². The lowest BCUT2D eigenvalue weighted by atomic mass is 10.0. The first kappa shape index (κ1) is 18.6. The topological polar surface area (TPSA) is 73.9 Å². The van der Waals surface area contributed by atoms with Crippen molar-refractivity contribution < 1.29 is 9.53 Å². The van der Waals surface area contributed by atoms with Gasteiger partial charge in [0.15, 0.2) is 0 Å². The standard InChI is InChI=1S/C24H16N2O2/c25-15-19-6-8-20(9-7-19)17-28-23-12-10-18(11-13-23)14-22(16-26)24(27)21-4-2-1-3-5-21/h1-14H,17H2/b22-14+. The van der Waals surface area contributed by atoms with Crippen molar-refractivity contribution in [2.45, 2.75) is 6.61 Å². The zero-order valence-corrected chi connectivity index (χ0v) is 15.0. The van der Waals surface area contributed by atoms with Crippen molar-refractivity contribution in [3.05, 3.63) is 107 Å². The summed E-state index contributed by atoms with van der Waals surface area (Å²) in [5.41, 5.74) is 2.88. The number of allylic oxidation sites excluding steroid dienone is 1. The van der Waals surface area contributed by atoms with Crippen LogP contribution in [0.15, 0.2) is 84.4 Å². The van der Waals surface area contributed by atoms with Crippen LogP contribution >= 0.6 is 0 Å². The van der Waals surface area contributed by atoms with Gasteiger partial charge < -0.3 is 4.74 Å². The summed E-state index contributed by atoms with van der Waals surface area (Å²) in [6.45, 7) is 0.386. The molecule has 0 spiro atoms. The molecule has 0 bridgehead atoms. The molecule has 28 heavy (non-hydrogen) atoms. The summed E-state index contributed by atoms with van der Waals surface area (Å²) < 4.78 is 5.73. The predicted molar refractivity (Wildman–Crippen MR) is 106 cm³/mol. The van der Waals surface area contributed by atoms with E-state index in [-0.39, 0.29) is 11.4 Å². The smallest absolute Gasteiger partial charge is 0.203 e. The van der Waals surface area contributed by atoms with Gasteiger partial charge in [0.1, 0.15) is 24.0 Å². The monoisotopic (exact) mass is 364 g/mol. The van der Waals surface area contributed by atoms with Crippen LogP contribution in [0.2, 0.25) is 0 Å². The van der Waals surface area contributed by atoms with Gasteiger partial charge >= 0.3 is 0 Å². The molecule has 3 rings (SSSR count). The number of nitrogens with zero attached hydrogens (tertiary/aromatic N) is 2. The Morgan fingerprint density at radius 2 is 1.57 bits per heavy atom. The highest BCUT2D eigenvalue weighted by Gasteiger charge is 2.11. The van der Waals surface area contributed by atoms with Crippen molar-refractivity contribution in [2.24, 2.45) is 0 Å². The average Bonchev–Trinajstić information content (AvgIpc) is 2.77. The molecule has 0 saturated heterocycles. The number of carbonyl (C=O) groups excluding carboxylic acids is 1. The van der Waals surface area contributed by atoms with Crippen LogP contribution < -0.4 is 4.74 Å². The van der Waals surface area contributed by atoms with Crippen LogP contribution in [0.1, 0.15) is 27.0 Å². The van der Waals surface area contributed by atoms with Crippen LogP contribution in [0, 0.1) is 22.7 Å². The third kappa shape index (κ3) is 4.72. The molecule has 0 heterocycles. The molecular formula is C24H16N2O2. The van der Waals surface area contributed by atoms with Crippen LogP contribution in [0.25, 0.3) is 6.08 Å². The van der Waals surface area contributed by atoms with Crippen LogP contribution in [0.3, 0.4) is 0 Å². The van der Waals surface area contributed by atoms with E-state index in [1.807, 2.05) is 24.3 Å². The number of hydrogen-bond acceptors (Lipinski definition) is 4. The maximum atomic E-state index is 12.4. The zero-order valence-electron chi connectivity index (χ0n) is 15.0. The maximum Gasteiger partial charge on any atom is 0.203 e. The Balaban J connectivity index is 1.67. The third-order valence-electron chi connectivity index (χ3n) is 4.08. The summed E-state index contributed by atoms with van der Waals surface area (Å²) in [6, 6.07) is 27.2. The van der Waals surface area contributed by atoms with Gasteiger partial charge in [-0.3, -0.25) is 4.79 Å². The second kappa shape index (κ2) is 8.98. The molecular weight excluding hydrogens is 348 g/mol. The summed E-state index contributed by atoms with van der Waals surface area (Å²) in [4.78, 5) is 12.4. The quantitative estimate of drug-likeness (QED) is 0.353. The number of rotatable bonds is 6. The van der Waals surface area contributed by atoms with E-state index in [9.17, 15) is 10.1 Å². The van der Waals surface area contributed by atoms with Crippen molar-refractivity contribution in [2.75, 3.05) is 0 Å². The minimum atomic E-state index is -0.302. The van der Waals surface area contributed by atoms with E-state index in [1.54, 1.807) is 66.7 Å². The van der Waals surface area contributed by atoms with Gasteiger partial charge in [0.2, 0.25) is 5.78 Å². The van der Waals surface area contributed by atoms with Gasteiger partial charge in [-0.25, -0.2) is 0 Å². The molecule has 0 N–H and O–H groups in total. The molecule has 0 amide bonds. The highest BCUT2D eigenvalue weighted by atomic mass is 16.5. The molecule has 0 saturated carbocycles. The summed E-state index contributed by atoms with van der Waals surface area (Å²) in [6.07, 6.45) is 1.57.